The van der Waals surface area contributed by atoms with Gasteiger partial charge in [-0.2, -0.15) is 0 Å². The molecule has 1 aromatic rings. The summed E-state index contributed by atoms with van der Waals surface area (Å²) in [5, 5.41) is 5.65. The van der Waals surface area contributed by atoms with Gasteiger partial charge in [0.05, 0.1) is 25.9 Å². The third-order valence-corrected chi connectivity index (χ3v) is 3.62. The number of ether oxygens (including phenoxy) is 2. The maximum absolute atomic E-state index is 11.8. The van der Waals surface area contributed by atoms with Crippen LogP contribution in [0.4, 0.5) is 4.79 Å². The van der Waals surface area contributed by atoms with E-state index in [1.165, 1.54) is 0 Å². The van der Waals surface area contributed by atoms with Crippen LogP contribution < -0.4 is 10.6 Å². The number of carbonyl (C=O) groups excluding carboxylic acids is 1. The van der Waals surface area contributed by atoms with Crippen LogP contribution in [0.3, 0.4) is 0 Å². The second-order valence-corrected chi connectivity index (χ2v) is 5.24. The topological polar surface area (TPSA) is 76.0 Å². The Balaban J connectivity index is 1.91. The highest BCUT2D eigenvalue weighted by Gasteiger charge is 2.25. The van der Waals surface area contributed by atoms with Crippen molar-refractivity contribution < 1.29 is 18.7 Å². The van der Waals surface area contributed by atoms with Crippen LogP contribution in [0.2, 0.25) is 0 Å². The molecule has 1 fully saturated rings. The van der Waals surface area contributed by atoms with Crippen molar-refractivity contribution in [3.63, 3.8) is 0 Å². The first kappa shape index (κ1) is 16.8. The van der Waals surface area contributed by atoms with Crippen molar-refractivity contribution in [2.75, 3.05) is 53.1 Å². The molecule has 0 spiro atoms. The summed E-state index contributed by atoms with van der Waals surface area (Å²) in [5.41, 5.74) is 0. The maximum atomic E-state index is 11.8. The molecule has 1 aliphatic heterocycles. The summed E-state index contributed by atoms with van der Waals surface area (Å²) in [7, 11) is 1.60. The van der Waals surface area contributed by atoms with Crippen LogP contribution in [0.15, 0.2) is 16.5 Å². The molecule has 1 aliphatic rings. The highest BCUT2D eigenvalue weighted by atomic mass is 16.5. The van der Waals surface area contributed by atoms with Crippen molar-refractivity contribution in [2.24, 2.45) is 0 Å². The van der Waals surface area contributed by atoms with Crippen molar-refractivity contribution in [3.05, 3.63) is 23.7 Å². The zero-order valence-corrected chi connectivity index (χ0v) is 13.3. The van der Waals surface area contributed by atoms with Gasteiger partial charge in [0, 0.05) is 33.3 Å². The minimum Gasteiger partial charge on any atom is -0.465 e. The molecule has 2 amide bonds. The number of amides is 2. The maximum Gasteiger partial charge on any atom is 0.314 e. The Morgan fingerprint density at radius 3 is 2.77 bits per heavy atom. The Morgan fingerprint density at radius 2 is 2.14 bits per heavy atom. The average Bonchev–Trinajstić information content (AvgIpc) is 2.95. The molecule has 1 atom stereocenters. The van der Waals surface area contributed by atoms with Gasteiger partial charge in [-0.25, -0.2) is 4.79 Å². The van der Waals surface area contributed by atoms with Gasteiger partial charge in [0.1, 0.15) is 11.5 Å². The molecule has 1 saturated heterocycles. The molecule has 7 nitrogen and oxygen atoms in total. The highest BCUT2D eigenvalue weighted by Crippen LogP contribution is 2.23. The van der Waals surface area contributed by atoms with Crippen LogP contribution in [0.25, 0.3) is 0 Å². The number of methoxy groups -OCH3 is 1. The van der Waals surface area contributed by atoms with Crippen LogP contribution in [0, 0.1) is 6.92 Å². The summed E-state index contributed by atoms with van der Waals surface area (Å²) >= 11 is 0. The van der Waals surface area contributed by atoms with E-state index in [-0.39, 0.29) is 12.1 Å². The van der Waals surface area contributed by atoms with E-state index < -0.39 is 0 Å². The number of rotatable bonds is 7. The van der Waals surface area contributed by atoms with Crippen molar-refractivity contribution in [3.8, 4) is 0 Å². The third-order valence-electron chi connectivity index (χ3n) is 3.62. The van der Waals surface area contributed by atoms with Crippen LogP contribution >= 0.6 is 0 Å². The van der Waals surface area contributed by atoms with Gasteiger partial charge in [-0.05, 0) is 19.1 Å². The van der Waals surface area contributed by atoms with Gasteiger partial charge in [0.25, 0.3) is 0 Å². The first-order valence-corrected chi connectivity index (χ1v) is 7.59. The zero-order chi connectivity index (χ0) is 15.8. The molecule has 2 rings (SSSR count). The van der Waals surface area contributed by atoms with E-state index in [0.717, 1.165) is 24.6 Å². The van der Waals surface area contributed by atoms with Crippen molar-refractivity contribution in [2.45, 2.75) is 13.0 Å². The third kappa shape index (κ3) is 5.01. The van der Waals surface area contributed by atoms with Gasteiger partial charge in [-0.3, -0.25) is 4.90 Å². The standard InChI is InChI=1S/C15H25N3O4/c1-12-3-4-14(22-12)13(18-6-9-21-10-7-18)11-17-15(19)16-5-8-20-2/h3-4,13H,5-11H2,1-2H3,(H2,16,17,19). The molecule has 22 heavy (non-hydrogen) atoms. The number of nitrogens with zero attached hydrogens (tertiary/aromatic N) is 1. The molecular formula is C15H25N3O4. The Hall–Kier alpha value is -1.57. The predicted molar refractivity (Wildman–Crippen MR) is 81.9 cm³/mol. The molecule has 2 heterocycles. The fraction of sp³-hybridized carbons (Fsp3) is 0.667. The first-order chi connectivity index (χ1) is 10.7. The number of carbonyl (C=O) groups is 1. The summed E-state index contributed by atoms with van der Waals surface area (Å²) in [6.07, 6.45) is 0. The quantitative estimate of drug-likeness (QED) is 0.732. The lowest BCUT2D eigenvalue weighted by molar-refractivity contribution is 0.0121. The SMILES string of the molecule is COCCNC(=O)NCC(c1ccc(C)o1)N1CCOCC1. The van der Waals surface area contributed by atoms with E-state index in [1.54, 1.807) is 7.11 Å². The fourth-order valence-electron chi connectivity index (χ4n) is 2.45. The summed E-state index contributed by atoms with van der Waals surface area (Å²) < 4.78 is 16.1. The van der Waals surface area contributed by atoms with Crippen LogP contribution in [0.1, 0.15) is 17.6 Å². The number of nitrogens with one attached hydrogen (secondary N) is 2. The monoisotopic (exact) mass is 311 g/mol. The lowest BCUT2D eigenvalue weighted by Crippen LogP contribution is -2.46. The van der Waals surface area contributed by atoms with Crippen molar-refractivity contribution in [1.29, 1.82) is 0 Å². The molecule has 0 bridgehead atoms. The van der Waals surface area contributed by atoms with E-state index in [2.05, 4.69) is 15.5 Å². The van der Waals surface area contributed by atoms with Crippen LogP contribution in [-0.4, -0.2) is 64.0 Å². The summed E-state index contributed by atoms with van der Waals surface area (Å²) in [5.74, 6) is 1.74. The predicted octanol–water partition coefficient (Wildman–Crippen LogP) is 0.907. The molecule has 0 radical (unpaired) electrons. The average molecular weight is 311 g/mol. The lowest BCUT2D eigenvalue weighted by atomic mass is 10.1. The normalized spacial score (nSPS) is 17.2. The van der Waals surface area contributed by atoms with E-state index in [9.17, 15) is 4.79 Å². The smallest absolute Gasteiger partial charge is 0.314 e. The summed E-state index contributed by atoms with van der Waals surface area (Å²) in [6, 6.07) is 3.74. The van der Waals surface area contributed by atoms with Gasteiger partial charge in [0.2, 0.25) is 0 Å². The largest absolute Gasteiger partial charge is 0.465 e. The van der Waals surface area contributed by atoms with Crippen LogP contribution in [0.5, 0.6) is 0 Å². The van der Waals surface area contributed by atoms with Crippen molar-refractivity contribution in [1.82, 2.24) is 15.5 Å². The van der Waals surface area contributed by atoms with Crippen LogP contribution in [-0.2, 0) is 9.47 Å². The molecule has 7 heteroatoms. The zero-order valence-electron chi connectivity index (χ0n) is 13.3. The number of hydrogen-bond acceptors (Lipinski definition) is 5. The molecule has 1 aromatic heterocycles. The molecule has 0 aromatic carbocycles. The van der Waals surface area contributed by atoms with Gasteiger partial charge in [-0.1, -0.05) is 0 Å². The Morgan fingerprint density at radius 1 is 1.36 bits per heavy atom. The van der Waals surface area contributed by atoms with E-state index >= 15 is 0 Å². The Labute approximate surface area is 130 Å². The minimum absolute atomic E-state index is 0.0192. The highest BCUT2D eigenvalue weighted by molar-refractivity contribution is 5.73. The number of morpholine rings is 1. The number of furan rings is 1. The van der Waals surface area contributed by atoms with E-state index in [0.29, 0.717) is 32.9 Å². The molecule has 0 saturated carbocycles. The first-order valence-electron chi connectivity index (χ1n) is 7.59. The Bertz CT molecular complexity index is 457. The lowest BCUT2D eigenvalue weighted by Gasteiger charge is -2.33. The van der Waals surface area contributed by atoms with Crippen molar-refractivity contribution >= 4 is 6.03 Å². The second kappa shape index (κ2) is 8.77. The second-order valence-electron chi connectivity index (χ2n) is 5.24. The van der Waals surface area contributed by atoms with Gasteiger partial charge >= 0.3 is 6.03 Å². The molecular weight excluding hydrogens is 286 g/mol. The molecule has 1 unspecified atom stereocenters. The Kier molecular flexibility index (Phi) is 6.70. The number of hydrogen-bond donors (Lipinski definition) is 2. The number of aryl methyl sites for hydroxylation is 1. The van der Waals surface area contributed by atoms with E-state index in [1.807, 2.05) is 19.1 Å². The molecule has 2 N–H and O–H groups in total. The molecule has 0 aliphatic carbocycles. The van der Waals surface area contributed by atoms with Gasteiger partial charge in [-0.15, -0.1) is 0 Å². The summed E-state index contributed by atoms with van der Waals surface area (Å²) in [6.45, 7) is 6.47. The fourth-order valence-corrected chi connectivity index (χ4v) is 2.45. The number of urea groups is 1. The van der Waals surface area contributed by atoms with Gasteiger partial charge < -0.3 is 24.5 Å². The molecule has 124 valence electrons. The van der Waals surface area contributed by atoms with E-state index in [4.69, 9.17) is 13.9 Å². The minimum atomic E-state index is -0.196. The van der Waals surface area contributed by atoms with Gasteiger partial charge in [0.15, 0.2) is 0 Å². The summed E-state index contributed by atoms with van der Waals surface area (Å²) in [4.78, 5) is 14.1.